The van der Waals surface area contributed by atoms with Crippen LogP contribution in [0.3, 0.4) is 0 Å². The molecule has 2 aromatic carbocycles. The minimum atomic E-state index is 1.09. The van der Waals surface area contributed by atoms with Crippen LogP contribution in [-0.4, -0.2) is 4.57 Å². The molecular formula is C17H13Br2N. The molecule has 0 bridgehead atoms. The van der Waals surface area contributed by atoms with Gasteiger partial charge in [-0.3, -0.25) is 0 Å². The van der Waals surface area contributed by atoms with E-state index in [9.17, 15) is 0 Å². The molecule has 100 valence electrons. The highest BCUT2D eigenvalue weighted by molar-refractivity contribution is 9.10. The highest BCUT2D eigenvalue weighted by Gasteiger charge is 2.09. The van der Waals surface area contributed by atoms with E-state index in [0.29, 0.717) is 0 Å². The Hall–Kier alpha value is -1.32. The van der Waals surface area contributed by atoms with E-state index in [-0.39, 0.29) is 0 Å². The number of benzene rings is 2. The van der Waals surface area contributed by atoms with Gasteiger partial charge in [0, 0.05) is 20.3 Å². The molecule has 0 aliphatic heterocycles. The monoisotopic (exact) mass is 389 g/mol. The molecule has 0 fully saturated rings. The zero-order valence-corrected chi connectivity index (χ0v) is 14.1. The summed E-state index contributed by atoms with van der Waals surface area (Å²) in [5.74, 6) is 0. The molecule has 0 aliphatic carbocycles. The Morgan fingerprint density at radius 3 is 1.85 bits per heavy atom. The summed E-state index contributed by atoms with van der Waals surface area (Å²) >= 11 is 6.97. The van der Waals surface area contributed by atoms with Gasteiger partial charge in [0.15, 0.2) is 0 Å². The molecule has 0 saturated heterocycles. The predicted octanol–water partition coefficient (Wildman–Crippen LogP) is 5.98. The van der Waals surface area contributed by atoms with Gasteiger partial charge in [0.25, 0.3) is 0 Å². The first kappa shape index (κ1) is 13.7. The Balaban J connectivity index is 2.14. The molecule has 1 nitrogen and oxygen atoms in total. The van der Waals surface area contributed by atoms with Crippen molar-refractivity contribution >= 4 is 31.9 Å². The fourth-order valence-electron chi connectivity index (χ4n) is 2.32. The van der Waals surface area contributed by atoms with Crippen molar-refractivity contribution in [1.82, 2.24) is 4.57 Å². The summed E-state index contributed by atoms with van der Waals surface area (Å²) in [6.45, 7) is 2.13. The van der Waals surface area contributed by atoms with Gasteiger partial charge in [-0.2, -0.15) is 0 Å². The molecule has 0 saturated carbocycles. The van der Waals surface area contributed by atoms with Gasteiger partial charge in [0.1, 0.15) is 0 Å². The third-order valence-corrected chi connectivity index (χ3v) is 4.36. The molecule has 20 heavy (non-hydrogen) atoms. The zero-order chi connectivity index (χ0) is 14.1. The molecule has 3 heteroatoms. The first-order valence-electron chi connectivity index (χ1n) is 6.35. The number of hydrogen-bond donors (Lipinski definition) is 0. The molecule has 0 spiro atoms. The van der Waals surface area contributed by atoms with Gasteiger partial charge in [-0.05, 0) is 61.0 Å². The van der Waals surface area contributed by atoms with Crippen LogP contribution >= 0.6 is 31.9 Å². The fraction of sp³-hybridized carbons (Fsp3) is 0.0588. The Bertz CT molecular complexity index is 725. The molecule has 0 N–H and O–H groups in total. The molecule has 0 amide bonds. The molecular weight excluding hydrogens is 378 g/mol. The average Bonchev–Trinajstić information content (AvgIpc) is 2.83. The van der Waals surface area contributed by atoms with E-state index in [0.717, 1.165) is 8.95 Å². The second kappa shape index (κ2) is 5.58. The van der Waals surface area contributed by atoms with Crippen molar-refractivity contribution in [2.75, 3.05) is 0 Å². The Morgan fingerprint density at radius 1 is 0.700 bits per heavy atom. The Morgan fingerprint density at radius 2 is 1.25 bits per heavy atom. The first-order chi connectivity index (χ1) is 9.65. The molecule has 1 heterocycles. The van der Waals surface area contributed by atoms with Crippen LogP contribution in [0.4, 0.5) is 0 Å². The maximum atomic E-state index is 3.48. The summed E-state index contributed by atoms with van der Waals surface area (Å²) in [6.07, 6.45) is 0. The minimum Gasteiger partial charge on any atom is -0.314 e. The maximum Gasteiger partial charge on any atom is 0.0531 e. The lowest BCUT2D eigenvalue weighted by Crippen LogP contribution is -1.98. The van der Waals surface area contributed by atoms with Gasteiger partial charge in [-0.1, -0.05) is 44.0 Å². The van der Waals surface area contributed by atoms with Crippen molar-refractivity contribution in [2.45, 2.75) is 6.92 Å². The van der Waals surface area contributed by atoms with Crippen LogP contribution in [0.2, 0.25) is 0 Å². The topological polar surface area (TPSA) is 4.93 Å². The van der Waals surface area contributed by atoms with E-state index in [2.05, 4.69) is 104 Å². The van der Waals surface area contributed by atoms with Crippen molar-refractivity contribution in [1.29, 1.82) is 0 Å². The second-order valence-corrected chi connectivity index (χ2v) is 6.51. The van der Waals surface area contributed by atoms with Crippen LogP contribution in [0.25, 0.3) is 16.9 Å². The smallest absolute Gasteiger partial charge is 0.0531 e. The highest BCUT2D eigenvalue weighted by Crippen LogP contribution is 2.28. The molecule has 3 aromatic rings. The number of rotatable bonds is 2. The van der Waals surface area contributed by atoms with Crippen LogP contribution in [0, 0.1) is 6.92 Å². The lowest BCUT2D eigenvalue weighted by Gasteiger charge is -2.12. The van der Waals surface area contributed by atoms with Crippen LogP contribution in [0.1, 0.15) is 5.69 Å². The van der Waals surface area contributed by atoms with E-state index in [1.165, 1.54) is 22.6 Å². The van der Waals surface area contributed by atoms with E-state index in [1.54, 1.807) is 0 Å². The fourth-order valence-corrected chi connectivity index (χ4v) is 2.85. The van der Waals surface area contributed by atoms with Crippen molar-refractivity contribution in [3.63, 3.8) is 0 Å². The minimum absolute atomic E-state index is 1.09. The molecule has 1 aromatic heterocycles. The summed E-state index contributed by atoms with van der Waals surface area (Å²) < 4.78 is 4.46. The third-order valence-electron chi connectivity index (χ3n) is 3.30. The summed E-state index contributed by atoms with van der Waals surface area (Å²) in [5.41, 5.74) is 4.82. The second-order valence-electron chi connectivity index (χ2n) is 4.68. The number of nitrogens with zero attached hydrogens (tertiary/aromatic N) is 1. The van der Waals surface area contributed by atoms with Gasteiger partial charge in [0.2, 0.25) is 0 Å². The number of aromatic nitrogens is 1. The molecule has 0 atom stereocenters. The van der Waals surface area contributed by atoms with Gasteiger partial charge in [-0.25, -0.2) is 0 Å². The van der Waals surface area contributed by atoms with Gasteiger partial charge in [-0.15, -0.1) is 0 Å². The average molecular weight is 391 g/mol. The number of halogens is 2. The molecule has 0 aliphatic rings. The third kappa shape index (κ3) is 2.60. The largest absolute Gasteiger partial charge is 0.314 e. The SMILES string of the molecule is Cc1ccc(-c2ccc(Br)cc2)n1-c1ccc(Br)cc1. The highest BCUT2D eigenvalue weighted by atomic mass is 79.9. The Kier molecular flexibility index (Phi) is 3.81. The maximum absolute atomic E-state index is 3.48. The van der Waals surface area contributed by atoms with Crippen molar-refractivity contribution in [3.05, 3.63) is 75.3 Å². The van der Waals surface area contributed by atoms with E-state index < -0.39 is 0 Å². The van der Waals surface area contributed by atoms with E-state index in [1.807, 2.05) is 0 Å². The quantitative estimate of drug-likeness (QED) is 0.507. The zero-order valence-electron chi connectivity index (χ0n) is 11.0. The standard InChI is InChI=1S/C17H13Br2N/c1-12-2-11-17(13-3-5-14(18)6-4-13)20(12)16-9-7-15(19)8-10-16/h2-11H,1H3. The normalized spacial score (nSPS) is 10.8. The van der Waals surface area contributed by atoms with Crippen LogP contribution in [0.15, 0.2) is 69.6 Å². The summed E-state index contributed by atoms with van der Waals surface area (Å²) in [7, 11) is 0. The lowest BCUT2D eigenvalue weighted by molar-refractivity contribution is 1.02. The van der Waals surface area contributed by atoms with E-state index in [4.69, 9.17) is 0 Å². The lowest BCUT2D eigenvalue weighted by atomic mass is 10.1. The summed E-state index contributed by atoms with van der Waals surface area (Å²) in [4.78, 5) is 0. The number of aryl methyl sites for hydroxylation is 1. The van der Waals surface area contributed by atoms with Gasteiger partial charge >= 0.3 is 0 Å². The van der Waals surface area contributed by atoms with Crippen LogP contribution in [0.5, 0.6) is 0 Å². The van der Waals surface area contributed by atoms with Crippen molar-refractivity contribution in [3.8, 4) is 16.9 Å². The molecule has 0 radical (unpaired) electrons. The summed E-state index contributed by atoms with van der Waals surface area (Å²) in [6, 6.07) is 21.1. The Labute approximate surface area is 135 Å². The van der Waals surface area contributed by atoms with Crippen molar-refractivity contribution < 1.29 is 0 Å². The predicted molar refractivity (Wildman–Crippen MR) is 91.3 cm³/mol. The van der Waals surface area contributed by atoms with Crippen LogP contribution in [-0.2, 0) is 0 Å². The van der Waals surface area contributed by atoms with E-state index >= 15 is 0 Å². The first-order valence-corrected chi connectivity index (χ1v) is 7.94. The number of hydrogen-bond acceptors (Lipinski definition) is 0. The van der Waals surface area contributed by atoms with Gasteiger partial charge < -0.3 is 4.57 Å². The van der Waals surface area contributed by atoms with Crippen molar-refractivity contribution in [2.24, 2.45) is 0 Å². The molecule has 3 rings (SSSR count). The van der Waals surface area contributed by atoms with Crippen LogP contribution < -0.4 is 0 Å². The van der Waals surface area contributed by atoms with Gasteiger partial charge in [0.05, 0.1) is 5.69 Å². The molecule has 0 unspecified atom stereocenters. The summed E-state index contributed by atoms with van der Waals surface area (Å²) in [5, 5.41) is 0.